The monoisotopic (exact) mass is 197 g/mol. The second-order valence-electron chi connectivity index (χ2n) is 3.52. The molecule has 0 radical (unpaired) electrons. The van der Waals surface area contributed by atoms with Crippen molar-refractivity contribution in [2.45, 2.75) is 45.2 Å². The van der Waals surface area contributed by atoms with Gasteiger partial charge in [0.15, 0.2) is 0 Å². The highest BCUT2D eigenvalue weighted by molar-refractivity contribution is 5.75. The quantitative estimate of drug-likeness (QED) is 0.538. The minimum absolute atomic E-state index is 0.123. The second-order valence-corrected chi connectivity index (χ2v) is 3.52. The highest BCUT2D eigenvalue weighted by Crippen LogP contribution is 2.11. The number of rotatable bonds is 5. The Hall–Kier alpha value is -0.830. The van der Waals surface area contributed by atoms with E-state index in [-0.39, 0.29) is 12.0 Å². The summed E-state index contributed by atoms with van der Waals surface area (Å²) >= 11 is 0. The van der Waals surface area contributed by atoms with Crippen LogP contribution >= 0.6 is 0 Å². The molecular weight excluding hydrogens is 178 g/mol. The van der Waals surface area contributed by atoms with Gasteiger partial charge in [-0.1, -0.05) is 19.1 Å². The average Bonchev–Trinajstić information content (AvgIpc) is 2.66. The number of esters is 1. The van der Waals surface area contributed by atoms with E-state index in [4.69, 9.17) is 4.74 Å². The van der Waals surface area contributed by atoms with Crippen molar-refractivity contribution < 1.29 is 9.53 Å². The molecule has 80 valence electrons. The van der Waals surface area contributed by atoms with Gasteiger partial charge >= 0.3 is 5.97 Å². The normalized spacial score (nSPS) is 18.4. The Balaban J connectivity index is 2.33. The summed E-state index contributed by atoms with van der Waals surface area (Å²) < 4.78 is 4.98. The fourth-order valence-electron chi connectivity index (χ4n) is 1.63. The number of nitrogens with one attached hydrogen (secondary N) is 1. The van der Waals surface area contributed by atoms with E-state index in [1.54, 1.807) is 0 Å². The van der Waals surface area contributed by atoms with Crippen molar-refractivity contribution in [1.82, 2.24) is 5.32 Å². The first-order valence-electron chi connectivity index (χ1n) is 5.35. The zero-order valence-electron chi connectivity index (χ0n) is 8.95. The number of carbonyl (C=O) groups is 1. The molecule has 0 saturated heterocycles. The Labute approximate surface area is 85.5 Å². The van der Waals surface area contributed by atoms with Gasteiger partial charge in [0, 0.05) is 6.04 Å². The molecule has 14 heavy (non-hydrogen) atoms. The van der Waals surface area contributed by atoms with E-state index in [9.17, 15) is 4.79 Å². The van der Waals surface area contributed by atoms with Gasteiger partial charge in [-0.05, 0) is 26.2 Å². The largest absolute Gasteiger partial charge is 0.465 e. The van der Waals surface area contributed by atoms with E-state index < -0.39 is 0 Å². The van der Waals surface area contributed by atoms with Crippen LogP contribution in [0.25, 0.3) is 0 Å². The molecule has 0 aromatic heterocycles. The summed E-state index contributed by atoms with van der Waals surface area (Å²) in [4.78, 5) is 11.5. The summed E-state index contributed by atoms with van der Waals surface area (Å²) in [5, 5.41) is 3.31. The third-order valence-corrected chi connectivity index (χ3v) is 2.42. The lowest BCUT2D eigenvalue weighted by Crippen LogP contribution is -2.42. The fourth-order valence-corrected chi connectivity index (χ4v) is 1.63. The Kier molecular flexibility index (Phi) is 4.66. The topological polar surface area (TPSA) is 38.3 Å². The average molecular weight is 197 g/mol. The third kappa shape index (κ3) is 3.14. The summed E-state index contributed by atoms with van der Waals surface area (Å²) in [7, 11) is 0. The highest BCUT2D eigenvalue weighted by Gasteiger charge is 2.21. The van der Waals surface area contributed by atoms with Crippen LogP contribution in [0.2, 0.25) is 0 Å². The van der Waals surface area contributed by atoms with Gasteiger partial charge in [-0.25, -0.2) is 0 Å². The van der Waals surface area contributed by atoms with Gasteiger partial charge in [0.25, 0.3) is 0 Å². The molecule has 0 bridgehead atoms. The lowest BCUT2D eigenvalue weighted by Gasteiger charge is -2.19. The van der Waals surface area contributed by atoms with Crippen molar-refractivity contribution >= 4 is 5.97 Å². The van der Waals surface area contributed by atoms with E-state index in [1.807, 2.05) is 13.8 Å². The maximum atomic E-state index is 11.5. The smallest absolute Gasteiger partial charge is 0.323 e. The standard InChI is InChI=1S/C11H19NO2/c1-3-10(11(13)14-4-2)12-9-7-5-6-8-9/h5-6,9-10,12H,3-4,7-8H2,1-2H3. The molecule has 1 unspecified atom stereocenters. The summed E-state index contributed by atoms with van der Waals surface area (Å²) in [5.74, 6) is -0.123. The second kappa shape index (κ2) is 5.81. The number of hydrogen-bond acceptors (Lipinski definition) is 3. The Bertz CT molecular complexity index is 205. The molecule has 1 N–H and O–H groups in total. The summed E-state index contributed by atoms with van der Waals surface area (Å²) in [6.45, 7) is 4.29. The maximum Gasteiger partial charge on any atom is 0.323 e. The molecule has 0 aromatic carbocycles. The minimum Gasteiger partial charge on any atom is -0.465 e. The van der Waals surface area contributed by atoms with Crippen LogP contribution in [-0.2, 0) is 9.53 Å². The van der Waals surface area contributed by atoms with Crippen LogP contribution in [0.5, 0.6) is 0 Å². The molecule has 0 spiro atoms. The zero-order chi connectivity index (χ0) is 10.4. The Morgan fingerprint density at radius 1 is 1.50 bits per heavy atom. The molecule has 1 aliphatic carbocycles. The summed E-state index contributed by atoms with van der Waals surface area (Å²) in [6, 6.07) is 0.282. The summed E-state index contributed by atoms with van der Waals surface area (Å²) in [6.07, 6.45) is 7.13. The van der Waals surface area contributed by atoms with Gasteiger partial charge in [0.2, 0.25) is 0 Å². The van der Waals surface area contributed by atoms with Crippen LogP contribution in [0.1, 0.15) is 33.1 Å². The van der Waals surface area contributed by atoms with Crippen LogP contribution < -0.4 is 5.32 Å². The van der Waals surface area contributed by atoms with Crippen molar-refractivity contribution in [3.63, 3.8) is 0 Å². The summed E-state index contributed by atoms with van der Waals surface area (Å²) in [5.41, 5.74) is 0. The van der Waals surface area contributed by atoms with Gasteiger partial charge in [0.05, 0.1) is 6.61 Å². The van der Waals surface area contributed by atoms with Crippen molar-refractivity contribution in [1.29, 1.82) is 0 Å². The van der Waals surface area contributed by atoms with Crippen molar-refractivity contribution in [2.24, 2.45) is 0 Å². The molecule has 0 amide bonds. The third-order valence-electron chi connectivity index (χ3n) is 2.42. The van der Waals surface area contributed by atoms with Crippen LogP contribution in [0.4, 0.5) is 0 Å². The van der Waals surface area contributed by atoms with Crippen LogP contribution in [0.15, 0.2) is 12.2 Å². The molecule has 1 rings (SSSR count). The maximum absolute atomic E-state index is 11.5. The highest BCUT2D eigenvalue weighted by atomic mass is 16.5. The van der Waals surface area contributed by atoms with E-state index in [2.05, 4.69) is 17.5 Å². The number of ether oxygens (including phenoxy) is 1. The van der Waals surface area contributed by atoms with E-state index in [0.717, 1.165) is 19.3 Å². The molecule has 3 nitrogen and oxygen atoms in total. The van der Waals surface area contributed by atoms with Crippen LogP contribution in [0, 0.1) is 0 Å². The van der Waals surface area contributed by atoms with E-state index >= 15 is 0 Å². The van der Waals surface area contributed by atoms with Gasteiger partial charge in [-0.15, -0.1) is 0 Å². The minimum atomic E-state index is -0.139. The van der Waals surface area contributed by atoms with Crippen LogP contribution in [0.3, 0.4) is 0 Å². The first kappa shape index (κ1) is 11.2. The first-order valence-corrected chi connectivity index (χ1v) is 5.35. The number of hydrogen-bond donors (Lipinski definition) is 1. The molecule has 0 saturated carbocycles. The molecular formula is C11H19NO2. The Morgan fingerprint density at radius 3 is 2.64 bits per heavy atom. The molecule has 3 heteroatoms. The molecule has 0 fully saturated rings. The predicted octanol–water partition coefficient (Wildman–Crippen LogP) is 1.64. The lowest BCUT2D eigenvalue weighted by atomic mass is 10.1. The Morgan fingerprint density at radius 2 is 2.14 bits per heavy atom. The molecule has 1 atom stereocenters. The lowest BCUT2D eigenvalue weighted by molar-refractivity contribution is -0.145. The fraction of sp³-hybridized carbons (Fsp3) is 0.727. The van der Waals surface area contributed by atoms with Gasteiger partial charge < -0.3 is 10.1 Å². The van der Waals surface area contributed by atoms with Crippen LogP contribution in [-0.4, -0.2) is 24.7 Å². The first-order chi connectivity index (χ1) is 6.77. The number of carbonyl (C=O) groups excluding carboxylic acids is 1. The SMILES string of the molecule is CCOC(=O)C(CC)NC1CC=CC1. The zero-order valence-corrected chi connectivity index (χ0v) is 8.95. The van der Waals surface area contributed by atoms with E-state index in [0.29, 0.717) is 12.6 Å². The van der Waals surface area contributed by atoms with Gasteiger partial charge in [-0.2, -0.15) is 0 Å². The van der Waals surface area contributed by atoms with Gasteiger partial charge in [-0.3, -0.25) is 4.79 Å². The van der Waals surface area contributed by atoms with E-state index in [1.165, 1.54) is 0 Å². The molecule has 1 aliphatic rings. The van der Waals surface area contributed by atoms with Crippen molar-refractivity contribution in [3.8, 4) is 0 Å². The van der Waals surface area contributed by atoms with Crippen molar-refractivity contribution in [3.05, 3.63) is 12.2 Å². The molecule has 0 heterocycles. The van der Waals surface area contributed by atoms with Crippen molar-refractivity contribution in [2.75, 3.05) is 6.61 Å². The van der Waals surface area contributed by atoms with Gasteiger partial charge in [0.1, 0.15) is 6.04 Å². The predicted molar refractivity (Wildman–Crippen MR) is 56.0 cm³/mol. The molecule has 0 aliphatic heterocycles. The molecule has 0 aromatic rings.